The van der Waals surface area contributed by atoms with Gasteiger partial charge in [-0.05, 0) is 5.56 Å². The number of hydrogen-bond acceptors (Lipinski definition) is 2. The van der Waals surface area contributed by atoms with Crippen molar-refractivity contribution in [3.63, 3.8) is 0 Å². The monoisotopic (exact) mass is 188 g/mol. The van der Waals surface area contributed by atoms with E-state index >= 15 is 0 Å². The van der Waals surface area contributed by atoms with Crippen molar-refractivity contribution in [3.05, 3.63) is 35.9 Å². The Morgan fingerprint density at radius 1 is 1.00 bits per heavy atom. The molecule has 2 rings (SSSR count). The summed E-state index contributed by atoms with van der Waals surface area (Å²) < 4.78 is 0. The van der Waals surface area contributed by atoms with Gasteiger partial charge in [0, 0.05) is 25.2 Å². The summed E-state index contributed by atoms with van der Waals surface area (Å²) in [5.74, 6) is 0.228. The van der Waals surface area contributed by atoms with Crippen LogP contribution >= 0.6 is 0 Å². The molecule has 0 amide bonds. The molecule has 14 heavy (non-hydrogen) atoms. The molecule has 1 unspecified atom stereocenters. The molecule has 0 radical (unpaired) electrons. The van der Waals surface area contributed by atoms with Crippen molar-refractivity contribution in [3.8, 4) is 0 Å². The van der Waals surface area contributed by atoms with Crippen molar-refractivity contribution in [1.29, 1.82) is 0 Å². The minimum absolute atomic E-state index is 0.183. The fraction of sp³-hybridized carbons (Fsp3) is 0.333. The third kappa shape index (κ3) is 1.74. The molecular formula is C12H12O2. The maximum Gasteiger partial charge on any atom is 0.141 e. The molecule has 0 aliphatic heterocycles. The standard InChI is InChI=1S/C12H12O2/c13-10-6-7-12(14)11(8-10)9-4-2-1-3-5-9/h1-5,11H,6-8H2. The first-order valence-corrected chi connectivity index (χ1v) is 4.87. The SMILES string of the molecule is O=C1CCC(=O)C(c2ccccc2)C1. The summed E-state index contributed by atoms with van der Waals surface area (Å²) in [6.07, 6.45) is 1.24. The Kier molecular flexibility index (Phi) is 2.44. The summed E-state index contributed by atoms with van der Waals surface area (Å²) >= 11 is 0. The van der Waals surface area contributed by atoms with Crippen LogP contribution in [0, 0.1) is 0 Å². The topological polar surface area (TPSA) is 34.1 Å². The molecule has 1 atom stereocenters. The lowest BCUT2D eigenvalue weighted by atomic mass is 9.82. The number of rotatable bonds is 1. The van der Waals surface area contributed by atoms with E-state index in [4.69, 9.17) is 0 Å². The van der Waals surface area contributed by atoms with E-state index in [1.807, 2.05) is 30.3 Å². The highest BCUT2D eigenvalue weighted by atomic mass is 16.1. The molecule has 1 aliphatic carbocycles. The molecule has 72 valence electrons. The molecule has 0 saturated heterocycles. The first kappa shape index (κ1) is 9.13. The van der Waals surface area contributed by atoms with Gasteiger partial charge in [0.2, 0.25) is 0 Å². The van der Waals surface area contributed by atoms with Crippen molar-refractivity contribution in [1.82, 2.24) is 0 Å². The second kappa shape index (κ2) is 3.74. The summed E-state index contributed by atoms with van der Waals surface area (Å²) in [6.45, 7) is 0. The van der Waals surface area contributed by atoms with Crippen LogP contribution < -0.4 is 0 Å². The summed E-state index contributed by atoms with van der Waals surface area (Å²) in [4.78, 5) is 22.8. The smallest absolute Gasteiger partial charge is 0.141 e. The minimum Gasteiger partial charge on any atom is -0.300 e. The maximum absolute atomic E-state index is 11.6. The molecule has 2 nitrogen and oxygen atoms in total. The summed E-state index contributed by atoms with van der Waals surface area (Å²) in [6, 6.07) is 9.56. The lowest BCUT2D eigenvalue weighted by Crippen LogP contribution is -2.22. The van der Waals surface area contributed by atoms with Crippen LogP contribution in [0.1, 0.15) is 30.7 Å². The molecule has 0 spiro atoms. The van der Waals surface area contributed by atoms with Crippen LogP contribution in [0.25, 0.3) is 0 Å². The quantitative estimate of drug-likeness (QED) is 0.676. The van der Waals surface area contributed by atoms with Gasteiger partial charge in [0.15, 0.2) is 0 Å². The molecule has 2 heteroatoms. The molecule has 1 aromatic rings. The number of ketones is 2. The van der Waals surface area contributed by atoms with Gasteiger partial charge < -0.3 is 0 Å². The van der Waals surface area contributed by atoms with Crippen molar-refractivity contribution in [2.75, 3.05) is 0 Å². The largest absolute Gasteiger partial charge is 0.300 e. The van der Waals surface area contributed by atoms with Crippen molar-refractivity contribution >= 4 is 11.6 Å². The van der Waals surface area contributed by atoms with Gasteiger partial charge in [-0.1, -0.05) is 30.3 Å². The fourth-order valence-electron chi connectivity index (χ4n) is 1.87. The van der Waals surface area contributed by atoms with Crippen LogP contribution in [-0.2, 0) is 9.59 Å². The van der Waals surface area contributed by atoms with Crippen LogP contribution in [-0.4, -0.2) is 11.6 Å². The Labute approximate surface area is 82.9 Å². The highest BCUT2D eigenvalue weighted by Crippen LogP contribution is 2.27. The van der Waals surface area contributed by atoms with E-state index in [2.05, 4.69) is 0 Å². The van der Waals surface area contributed by atoms with E-state index < -0.39 is 0 Å². The van der Waals surface area contributed by atoms with Gasteiger partial charge >= 0.3 is 0 Å². The van der Waals surface area contributed by atoms with Crippen molar-refractivity contribution in [2.24, 2.45) is 0 Å². The highest BCUT2D eigenvalue weighted by Gasteiger charge is 2.27. The Balaban J connectivity index is 2.24. The molecular weight excluding hydrogens is 176 g/mol. The first-order valence-electron chi connectivity index (χ1n) is 4.87. The Bertz CT molecular complexity index is 354. The zero-order chi connectivity index (χ0) is 9.97. The van der Waals surface area contributed by atoms with Gasteiger partial charge in [-0.3, -0.25) is 9.59 Å². The summed E-state index contributed by atoms with van der Waals surface area (Å²) in [7, 11) is 0. The van der Waals surface area contributed by atoms with Crippen LogP contribution in [0.4, 0.5) is 0 Å². The van der Waals surface area contributed by atoms with E-state index in [1.165, 1.54) is 0 Å². The van der Waals surface area contributed by atoms with Gasteiger partial charge in [-0.15, -0.1) is 0 Å². The minimum atomic E-state index is -0.183. The lowest BCUT2D eigenvalue weighted by Gasteiger charge is -2.19. The zero-order valence-electron chi connectivity index (χ0n) is 7.90. The molecule has 0 heterocycles. The predicted octanol–water partition coefficient (Wildman–Crippen LogP) is 2.09. The molecule has 1 saturated carbocycles. The van der Waals surface area contributed by atoms with Gasteiger partial charge in [0.1, 0.15) is 11.6 Å². The highest BCUT2D eigenvalue weighted by molar-refractivity contribution is 5.97. The third-order valence-electron chi connectivity index (χ3n) is 2.67. The molecule has 0 N–H and O–H groups in total. The maximum atomic E-state index is 11.6. The fourth-order valence-corrected chi connectivity index (χ4v) is 1.87. The molecule has 1 aromatic carbocycles. The predicted molar refractivity (Wildman–Crippen MR) is 53.0 cm³/mol. The van der Waals surface area contributed by atoms with E-state index in [-0.39, 0.29) is 17.5 Å². The molecule has 1 fully saturated rings. The summed E-state index contributed by atoms with van der Waals surface area (Å²) in [5, 5.41) is 0. The number of carbonyl (C=O) groups is 2. The van der Waals surface area contributed by atoms with E-state index in [9.17, 15) is 9.59 Å². The van der Waals surface area contributed by atoms with E-state index in [1.54, 1.807) is 0 Å². The lowest BCUT2D eigenvalue weighted by molar-refractivity contribution is -0.130. The second-order valence-electron chi connectivity index (χ2n) is 3.67. The van der Waals surface area contributed by atoms with Crippen molar-refractivity contribution < 1.29 is 9.59 Å². The van der Waals surface area contributed by atoms with Gasteiger partial charge in [-0.2, -0.15) is 0 Å². The van der Waals surface area contributed by atoms with Gasteiger partial charge in [-0.25, -0.2) is 0 Å². The van der Waals surface area contributed by atoms with Crippen LogP contribution in [0.15, 0.2) is 30.3 Å². The molecule has 0 bridgehead atoms. The second-order valence-corrected chi connectivity index (χ2v) is 3.67. The van der Waals surface area contributed by atoms with Crippen molar-refractivity contribution in [2.45, 2.75) is 25.2 Å². The first-order chi connectivity index (χ1) is 6.77. The van der Waals surface area contributed by atoms with E-state index in [0.717, 1.165) is 5.56 Å². The zero-order valence-corrected chi connectivity index (χ0v) is 7.90. The van der Waals surface area contributed by atoms with Crippen LogP contribution in [0.5, 0.6) is 0 Å². The Hall–Kier alpha value is -1.44. The molecule has 1 aliphatic rings. The Morgan fingerprint density at radius 2 is 1.71 bits per heavy atom. The third-order valence-corrected chi connectivity index (χ3v) is 2.67. The van der Waals surface area contributed by atoms with Crippen LogP contribution in [0.2, 0.25) is 0 Å². The van der Waals surface area contributed by atoms with Gasteiger partial charge in [0.25, 0.3) is 0 Å². The summed E-state index contributed by atoms with van der Waals surface area (Å²) in [5.41, 5.74) is 0.977. The van der Waals surface area contributed by atoms with Crippen LogP contribution in [0.3, 0.4) is 0 Å². The Morgan fingerprint density at radius 3 is 2.43 bits per heavy atom. The van der Waals surface area contributed by atoms with Gasteiger partial charge in [0.05, 0.1) is 0 Å². The number of hydrogen-bond donors (Lipinski definition) is 0. The average Bonchev–Trinajstić information content (AvgIpc) is 2.23. The average molecular weight is 188 g/mol. The number of Topliss-reactive ketones (excluding diaryl/α,β-unsaturated/α-hetero) is 2. The number of carbonyl (C=O) groups excluding carboxylic acids is 2. The van der Waals surface area contributed by atoms with E-state index in [0.29, 0.717) is 19.3 Å². The normalized spacial score (nSPS) is 22.4. The number of benzene rings is 1. The molecule has 0 aromatic heterocycles.